The number of nitrogens with one attached hydrogen (secondary N) is 1. The molecule has 1 aliphatic heterocycles. The number of piperidine rings is 1. The van der Waals surface area contributed by atoms with Gasteiger partial charge in [0.1, 0.15) is 11.5 Å². The highest BCUT2D eigenvalue weighted by Crippen LogP contribution is 2.21. The molecule has 0 radical (unpaired) electrons. The van der Waals surface area contributed by atoms with Crippen LogP contribution in [0.15, 0.2) is 40.7 Å². The maximum Gasteiger partial charge on any atom is 0.238 e. The summed E-state index contributed by atoms with van der Waals surface area (Å²) in [5, 5.41) is 2.82. The Morgan fingerprint density at radius 2 is 1.93 bits per heavy atom. The maximum atomic E-state index is 12.2. The topological polar surface area (TPSA) is 89.2 Å². The molecule has 7 heteroatoms. The van der Waals surface area contributed by atoms with Crippen LogP contribution in [0, 0.1) is 5.92 Å². The first-order chi connectivity index (χ1) is 13.0. The predicted octanol–water partition coefficient (Wildman–Crippen LogP) is 1.79. The second-order valence-electron chi connectivity index (χ2n) is 6.74. The molecule has 0 unspecified atom stereocenters. The molecule has 0 aromatic heterocycles. The molecule has 1 fully saturated rings. The van der Waals surface area contributed by atoms with Crippen molar-refractivity contribution in [1.29, 1.82) is 0 Å². The lowest BCUT2D eigenvalue weighted by Gasteiger charge is -2.31. The molecule has 7 nitrogen and oxygen atoms in total. The zero-order valence-corrected chi connectivity index (χ0v) is 16.4. The SMILES string of the molecule is CN=C/C(NC(=O)CN1CCC(COc2ccc(OC)cc2)CC1)=C(/C)N. The van der Waals surface area contributed by atoms with E-state index in [4.69, 9.17) is 15.2 Å². The quantitative estimate of drug-likeness (QED) is 0.677. The van der Waals surface area contributed by atoms with E-state index in [9.17, 15) is 4.79 Å². The van der Waals surface area contributed by atoms with Gasteiger partial charge in [-0.1, -0.05) is 0 Å². The third-order valence-corrected chi connectivity index (χ3v) is 4.58. The Kier molecular flexibility index (Phi) is 8.13. The van der Waals surface area contributed by atoms with E-state index in [2.05, 4.69) is 15.2 Å². The highest BCUT2D eigenvalue weighted by atomic mass is 16.5. The molecule has 2 rings (SSSR count). The first kappa shape index (κ1) is 20.8. The largest absolute Gasteiger partial charge is 0.497 e. The summed E-state index contributed by atoms with van der Waals surface area (Å²) in [5.74, 6) is 2.11. The average Bonchev–Trinajstić information content (AvgIpc) is 2.67. The monoisotopic (exact) mass is 374 g/mol. The van der Waals surface area contributed by atoms with Crippen molar-refractivity contribution in [3.05, 3.63) is 35.7 Å². The second kappa shape index (κ2) is 10.6. The lowest BCUT2D eigenvalue weighted by Crippen LogP contribution is -2.42. The van der Waals surface area contributed by atoms with Crippen LogP contribution < -0.4 is 20.5 Å². The fraction of sp³-hybridized carbons (Fsp3) is 0.500. The number of benzene rings is 1. The van der Waals surface area contributed by atoms with E-state index in [1.807, 2.05) is 24.3 Å². The van der Waals surface area contributed by atoms with Gasteiger partial charge in [0.2, 0.25) is 5.91 Å². The smallest absolute Gasteiger partial charge is 0.238 e. The van der Waals surface area contributed by atoms with Gasteiger partial charge in [-0.15, -0.1) is 0 Å². The van der Waals surface area contributed by atoms with Gasteiger partial charge in [0.25, 0.3) is 0 Å². The predicted molar refractivity (Wildman–Crippen MR) is 107 cm³/mol. The van der Waals surface area contributed by atoms with Gasteiger partial charge >= 0.3 is 0 Å². The molecule has 0 saturated carbocycles. The van der Waals surface area contributed by atoms with Crippen LogP contribution in [0.25, 0.3) is 0 Å². The summed E-state index contributed by atoms with van der Waals surface area (Å²) in [5.41, 5.74) is 6.86. The number of likely N-dealkylation sites (tertiary alicyclic amines) is 1. The molecule has 1 aliphatic rings. The number of nitrogens with two attached hydrogens (primary N) is 1. The molecule has 0 bridgehead atoms. The van der Waals surface area contributed by atoms with E-state index in [-0.39, 0.29) is 5.91 Å². The summed E-state index contributed by atoms with van der Waals surface area (Å²) in [6, 6.07) is 7.63. The first-order valence-corrected chi connectivity index (χ1v) is 9.19. The molecule has 0 atom stereocenters. The molecule has 1 aromatic rings. The fourth-order valence-electron chi connectivity index (χ4n) is 2.95. The Balaban J connectivity index is 1.71. The Labute approximate surface area is 161 Å². The molecular weight excluding hydrogens is 344 g/mol. The lowest BCUT2D eigenvalue weighted by molar-refractivity contribution is -0.121. The van der Waals surface area contributed by atoms with Crippen molar-refractivity contribution in [2.45, 2.75) is 19.8 Å². The Bertz CT molecular complexity index is 658. The lowest BCUT2D eigenvalue weighted by atomic mass is 9.98. The zero-order chi connectivity index (χ0) is 19.6. The van der Waals surface area contributed by atoms with E-state index >= 15 is 0 Å². The van der Waals surface area contributed by atoms with E-state index in [1.54, 1.807) is 27.3 Å². The van der Waals surface area contributed by atoms with Crippen molar-refractivity contribution in [3.8, 4) is 11.5 Å². The van der Waals surface area contributed by atoms with Crippen LogP contribution in [0.1, 0.15) is 19.8 Å². The number of hydrogen-bond donors (Lipinski definition) is 2. The number of amides is 1. The fourth-order valence-corrected chi connectivity index (χ4v) is 2.95. The average molecular weight is 374 g/mol. The number of allylic oxidation sites excluding steroid dienone is 2. The number of carbonyl (C=O) groups excluding carboxylic acids is 1. The minimum absolute atomic E-state index is 0.0670. The third kappa shape index (κ3) is 6.94. The van der Waals surface area contributed by atoms with Crippen LogP contribution >= 0.6 is 0 Å². The van der Waals surface area contributed by atoms with Gasteiger partial charge in [0, 0.05) is 19.0 Å². The van der Waals surface area contributed by atoms with Crippen molar-refractivity contribution >= 4 is 12.1 Å². The molecule has 1 aromatic carbocycles. The number of aliphatic imine (C=N–C) groups is 1. The molecule has 1 amide bonds. The molecule has 148 valence electrons. The number of ether oxygens (including phenoxy) is 2. The molecule has 0 aliphatic carbocycles. The van der Waals surface area contributed by atoms with E-state index < -0.39 is 0 Å². The summed E-state index contributed by atoms with van der Waals surface area (Å²) in [4.78, 5) is 18.3. The first-order valence-electron chi connectivity index (χ1n) is 9.19. The van der Waals surface area contributed by atoms with Gasteiger partial charge in [-0.2, -0.15) is 0 Å². The summed E-state index contributed by atoms with van der Waals surface area (Å²) < 4.78 is 11.0. The Morgan fingerprint density at radius 1 is 1.30 bits per heavy atom. The minimum Gasteiger partial charge on any atom is -0.497 e. The van der Waals surface area contributed by atoms with Gasteiger partial charge in [-0.05, 0) is 63.0 Å². The number of rotatable bonds is 8. The Hall–Kier alpha value is -2.54. The molecule has 1 heterocycles. The van der Waals surface area contributed by atoms with Gasteiger partial charge in [0.05, 0.1) is 26.0 Å². The summed E-state index contributed by atoms with van der Waals surface area (Å²) in [7, 11) is 3.30. The van der Waals surface area contributed by atoms with Crippen molar-refractivity contribution in [1.82, 2.24) is 10.2 Å². The van der Waals surface area contributed by atoms with Crippen LogP contribution in [0.4, 0.5) is 0 Å². The van der Waals surface area contributed by atoms with Crippen LogP contribution in [0.5, 0.6) is 11.5 Å². The van der Waals surface area contributed by atoms with Crippen molar-refractivity contribution in [2.75, 3.05) is 40.4 Å². The molecule has 3 N–H and O–H groups in total. The van der Waals surface area contributed by atoms with Gasteiger partial charge in [-0.25, -0.2) is 0 Å². The van der Waals surface area contributed by atoms with Crippen molar-refractivity contribution in [2.24, 2.45) is 16.6 Å². The van der Waals surface area contributed by atoms with Gasteiger partial charge < -0.3 is 20.5 Å². The van der Waals surface area contributed by atoms with Crippen molar-refractivity contribution in [3.63, 3.8) is 0 Å². The number of hydrogen-bond acceptors (Lipinski definition) is 6. The Morgan fingerprint density at radius 3 is 2.48 bits per heavy atom. The number of nitrogens with zero attached hydrogens (tertiary/aromatic N) is 2. The van der Waals surface area contributed by atoms with E-state index in [0.29, 0.717) is 30.5 Å². The van der Waals surface area contributed by atoms with Crippen LogP contribution in [-0.4, -0.2) is 57.4 Å². The molecular formula is C20H30N4O3. The highest BCUT2D eigenvalue weighted by Gasteiger charge is 2.21. The summed E-state index contributed by atoms with van der Waals surface area (Å²) >= 11 is 0. The standard InChI is InChI=1S/C20H30N4O3/c1-15(21)19(12-22-2)23-20(25)13-24-10-8-16(9-11-24)14-27-18-6-4-17(26-3)5-7-18/h4-7,12,16H,8-11,13-14,21H2,1-3H3,(H,23,25)/b19-15+,22-12?. The van der Waals surface area contributed by atoms with Crippen molar-refractivity contribution < 1.29 is 14.3 Å². The van der Waals surface area contributed by atoms with E-state index in [1.165, 1.54) is 0 Å². The number of methoxy groups -OCH3 is 1. The number of carbonyl (C=O) groups is 1. The van der Waals surface area contributed by atoms with Crippen LogP contribution in [0.3, 0.4) is 0 Å². The summed E-state index contributed by atoms with van der Waals surface area (Å²) in [6.07, 6.45) is 3.59. The maximum absolute atomic E-state index is 12.2. The molecule has 1 saturated heterocycles. The van der Waals surface area contributed by atoms with E-state index in [0.717, 1.165) is 37.4 Å². The third-order valence-electron chi connectivity index (χ3n) is 4.58. The van der Waals surface area contributed by atoms with Gasteiger partial charge in [-0.3, -0.25) is 14.7 Å². The van der Waals surface area contributed by atoms with Crippen LogP contribution in [0.2, 0.25) is 0 Å². The second-order valence-corrected chi connectivity index (χ2v) is 6.74. The zero-order valence-electron chi connectivity index (χ0n) is 16.4. The molecule has 27 heavy (non-hydrogen) atoms. The van der Waals surface area contributed by atoms with Crippen LogP contribution in [-0.2, 0) is 4.79 Å². The minimum atomic E-state index is -0.0670. The normalized spacial score (nSPS) is 16.9. The highest BCUT2D eigenvalue weighted by molar-refractivity contribution is 5.89. The van der Waals surface area contributed by atoms with Gasteiger partial charge in [0.15, 0.2) is 0 Å². The summed E-state index contributed by atoms with van der Waals surface area (Å²) in [6.45, 7) is 4.56. The molecule has 0 spiro atoms.